The Morgan fingerprint density at radius 3 is 2.29 bits per heavy atom. The Bertz CT molecular complexity index is 110. The van der Waals surface area contributed by atoms with Gasteiger partial charge in [0.1, 0.15) is 0 Å². The Morgan fingerprint density at radius 2 is 2.29 bits per heavy atom. The average Bonchev–Trinajstić information content (AvgIpc) is 2.46. The molecule has 0 atom stereocenters. The van der Waals surface area contributed by atoms with Crippen molar-refractivity contribution in [2.24, 2.45) is 5.41 Å². The van der Waals surface area contributed by atoms with Crippen molar-refractivity contribution in [3.63, 3.8) is 0 Å². The van der Waals surface area contributed by atoms with Gasteiger partial charge in [0.2, 0.25) is 0 Å². The molecule has 0 saturated heterocycles. The van der Waals surface area contributed by atoms with Gasteiger partial charge in [-0.25, -0.2) is 0 Å². The van der Waals surface area contributed by atoms with Gasteiger partial charge in [-0.05, 0) is 12.8 Å². The molecule has 1 rings (SSSR count). The molecule has 0 heterocycles. The molecule has 0 N–H and O–H groups in total. The molecule has 38 valence electrons. The molecule has 0 amide bonds. The predicted octanol–water partition coefficient (Wildman–Crippen LogP) is 1.69. The molecule has 1 saturated carbocycles. The molecule has 0 aromatic rings. The largest absolute Gasteiger partial charge is 0.198 e. The normalized spacial score (nSPS) is 23.4. The lowest BCUT2D eigenvalue weighted by Gasteiger charge is -1.91. The van der Waals surface area contributed by atoms with Crippen LogP contribution < -0.4 is 0 Å². The second kappa shape index (κ2) is 1.48. The molecule has 0 aromatic carbocycles. The maximum Gasteiger partial charge on any atom is 0.0698 e. The summed E-state index contributed by atoms with van der Waals surface area (Å²) in [6.45, 7) is 0. The first-order chi connectivity index (χ1) is 3.33. The summed E-state index contributed by atoms with van der Waals surface area (Å²) in [4.78, 5) is 0. The van der Waals surface area contributed by atoms with Gasteiger partial charge < -0.3 is 0 Å². The Labute approximate surface area is 51.5 Å². The zero-order valence-electron chi connectivity index (χ0n) is 3.95. The van der Waals surface area contributed by atoms with Crippen molar-refractivity contribution >= 4 is 15.9 Å². The average molecular weight is 160 g/mol. The number of nitrogens with zero attached hydrogens (tertiary/aromatic N) is 1. The Morgan fingerprint density at radius 1 is 1.71 bits per heavy atom. The number of alkyl halides is 1. The highest BCUT2D eigenvalue weighted by Crippen LogP contribution is 2.45. The summed E-state index contributed by atoms with van der Waals surface area (Å²) in [5.74, 6) is 0. The molecule has 7 heavy (non-hydrogen) atoms. The predicted molar refractivity (Wildman–Crippen MR) is 31.1 cm³/mol. The summed E-state index contributed by atoms with van der Waals surface area (Å²) in [7, 11) is 0. The van der Waals surface area contributed by atoms with Crippen LogP contribution in [0.15, 0.2) is 0 Å². The molecule has 0 radical (unpaired) electrons. The summed E-state index contributed by atoms with van der Waals surface area (Å²) < 4.78 is 0. The van der Waals surface area contributed by atoms with Crippen LogP contribution >= 0.6 is 15.9 Å². The molecule has 0 bridgehead atoms. The molecule has 0 unspecified atom stereocenters. The molecule has 1 nitrogen and oxygen atoms in total. The van der Waals surface area contributed by atoms with Gasteiger partial charge in [-0.3, -0.25) is 0 Å². The number of hydrogen-bond acceptors (Lipinski definition) is 1. The van der Waals surface area contributed by atoms with Gasteiger partial charge in [-0.15, -0.1) is 0 Å². The number of halogens is 1. The quantitative estimate of drug-likeness (QED) is 0.535. The van der Waals surface area contributed by atoms with Crippen LogP contribution in [-0.2, 0) is 0 Å². The monoisotopic (exact) mass is 159 g/mol. The topological polar surface area (TPSA) is 23.8 Å². The molecule has 1 fully saturated rings. The molecular formula is C5H6BrN. The highest BCUT2D eigenvalue weighted by atomic mass is 79.9. The minimum absolute atomic E-state index is 0.0556. The van der Waals surface area contributed by atoms with E-state index in [0.717, 1.165) is 18.2 Å². The Kier molecular flexibility index (Phi) is 1.08. The summed E-state index contributed by atoms with van der Waals surface area (Å²) >= 11 is 3.27. The maximum atomic E-state index is 8.38. The fraction of sp³-hybridized carbons (Fsp3) is 0.800. The van der Waals surface area contributed by atoms with E-state index < -0.39 is 0 Å². The van der Waals surface area contributed by atoms with Gasteiger partial charge >= 0.3 is 0 Å². The fourth-order valence-corrected chi connectivity index (χ4v) is 1.11. The summed E-state index contributed by atoms with van der Waals surface area (Å²) in [5, 5.41) is 9.23. The van der Waals surface area contributed by atoms with E-state index in [4.69, 9.17) is 5.26 Å². The van der Waals surface area contributed by atoms with E-state index in [9.17, 15) is 0 Å². The molecular weight excluding hydrogens is 154 g/mol. The zero-order valence-corrected chi connectivity index (χ0v) is 5.53. The van der Waals surface area contributed by atoms with Crippen molar-refractivity contribution in [2.45, 2.75) is 12.8 Å². The Hall–Kier alpha value is -0.0300. The van der Waals surface area contributed by atoms with Crippen LogP contribution in [0.25, 0.3) is 0 Å². The minimum atomic E-state index is 0.0556. The third-order valence-corrected chi connectivity index (χ3v) is 2.42. The van der Waals surface area contributed by atoms with E-state index >= 15 is 0 Å². The second-order valence-electron chi connectivity index (χ2n) is 2.03. The van der Waals surface area contributed by atoms with Crippen molar-refractivity contribution in [2.75, 3.05) is 5.33 Å². The van der Waals surface area contributed by atoms with E-state index in [-0.39, 0.29) is 5.41 Å². The zero-order chi connectivity index (χ0) is 5.33. The summed E-state index contributed by atoms with van der Waals surface area (Å²) in [5.41, 5.74) is 0.0556. The fourth-order valence-electron chi connectivity index (χ4n) is 0.426. The molecule has 2 heteroatoms. The van der Waals surface area contributed by atoms with Gasteiger partial charge in [-0.1, -0.05) is 15.9 Å². The van der Waals surface area contributed by atoms with Gasteiger partial charge in [0.05, 0.1) is 11.5 Å². The summed E-state index contributed by atoms with van der Waals surface area (Å²) in [6.07, 6.45) is 2.18. The van der Waals surface area contributed by atoms with Crippen molar-refractivity contribution in [3.8, 4) is 6.07 Å². The van der Waals surface area contributed by atoms with Crippen molar-refractivity contribution in [1.82, 2.24) is 0 Å². The maximum absolute atomic E-state index is 8.38. The van der Waals surface area contributed by atoms with Crippen LogP contribution in [-0.4, -0.2) is 5.33 Å². The first-order valence-electron chi connectivity index (χ1n) is 2.30. The molecule has 1 aliphatic carbocycles. The van der Waals surface area contributed by atoms with E-state index in [2.05, 4.69) is 22.0 Å². The minimum Gasteiger partial charge on any atom is -0.198 e. The molecule has 0 spiro atoms. The second-order valence-corrected chi connectivity index (χ2v) is 2.59. The van der Waals surface area contributed by atoms with Crippen LogP contribution in [0.1, 0.15) is 12.8 Å². The van der Waals surface area contributed by atoms with Crippen LogP contribution in [0.5, 0.6) is 0 Å². The third kappa shape index (κ3) is 0.782. The van der Waals surface area contributed by atoms with Crippen molar-refractivity contribution < 1.29 is 0 Å². The van der Waals surface area contributed by atoms with E-state index in [1.807, 2.05) is 0 Å². The highest BCUT2D eigenvalue weighted by molar-refractivity contribution is 9.09. The van der Waals surface area contributed by atoms with Crippen LogP contribution in [0.3, 0.4) is 0 Å². The van der Waals surface area contributed by atoms with Crippen LogP contribution in [0.2, 0.25) is 0 Å². The highest BCUT2D eigenvalue weighted by Gasteiger charge is 2.41. The van der Waals surface area contributed by atoms with Crippen LogP contribution in [0, 0.1) is 16.7 Å². The van der Waals surface area contributed by atoms with E-state index in [1.54, 1.807) is 0 Å². The molecule has 1 aliphatic rings. The lowest BCUT2D eigenvalue weighted by molar-refractivity contribution is 0.790. The van der Waals surface area contributed by atoms with E-state index in [0.29, 0.717) is 0 Å². The first kappa shape index (κ1) is 5.11. The van der Waals surface area contributed by atoms with Gasteiger partial charge in [-0.2, -0.15) is 5.26 Å². The van der Waals surface area contributed by atoms with E-state index in [1.165, 1.54) is 0 Å². The lowest BCUT2D eigenvalue weighted by atomic mass is 10.2. The van der Waals surface area contributed by atoms with Gasteiger partial charge in [0.25, 0.3) is 0 Å². The summed E-state index contributed by atoms with van der Waals surface area (Å²) in [6, 6.07) is 2.26. The third-order valence-electron chi connectivity index (χ3n) is 1.35. The number of rotatable bonds is 1. The smallest absolute Gasteiger partial charge is 0.0698 e. The molecule has 0 aromatic heterocycles. The SMILES string of the molecule is N#CC1(CBr)CC1. The number of hydrogen-bond donors (Lipinski definition) is 0. The van der Waals surface area contributed by atoms with Crippen molar-refractivity contribution in [1.29, 1.82) is 5.26 Å². The van der Waals surface area contributed by atoms with Crippen molar-refractivity contribution in [3.05, 3.63) is 0 Å². The van der Waals surface area contributed by atoms with Gasteiger partial charge in [0.15, 0.2) is 0 Å². The lowest BCUT2D eigenvalue weighted by Crippen LogP contribution is -1.94. The van der Waals surface area contributed by atoms with Crippen LogP contribution in [0.4, 0.5) is 0 Å². The first-order valence-corrected chi connectivity index (χ1v) is 3.42. The standard InChI is InChI=1S/C5H6BrN/c6-3-5(4-7)1-2-5/h1-3H2. The Balaban J connectivity index is 2.47. The number of nitriles is 1. The van der Waals surface area contributed by atoms with Gasteiger partial charge in [0, 0.05) is 5.33 Å². The molecule has 0 aliphatic heterocycles.